The van der Waals surface area contributed by atoms with Crippen LogP contribution in [0.1, 0.15) is 11.1 Å². The van der Waals surface area contributed by atoms with E-state index in [4.69, 9.17) is 4.52 Å². The van der Waals surface area contributed by atoms with E-state index in [1.54, 1.807) is 0 Å². The highest BCUT2D eigenvalue weighted by Crippen LogP contribution is 2.35. The molecule has 36 heavy (non-hydrogen) atoms. The Morgan fingerprint density at radius 2 is 1.81 bits per heavy atom. The summed E-state index contributed by atoms with van der Waals surface area (Å²) in [5.74, 6) is -5.55. The quantitative estimate of drug-likeness (QED) is 0.184. The lowest BCUT2D eigenvalue weighted by Gasteiger charge is -2.14. The molecule has 0 radical (unpaired) electrons. The molecule has 0 spiro atoms. The van der Waals surface area contributed by atoms with Crippen LogP contribution in [-0.2, 0) is 12.7 Å². The molecular formula is C22H12F6N4O4. The summed E-state index contributed by atoms with van der Waals surface area (Å²) in [5.41, 5.74) is -2.64. The van der Waals surface area contributed by atoms with Gasteiger partial charge < -0.3 is 14.9 Å². The van der Waals surface area contributed by atoms with Gasteiger partial charge in [0.2, 0.25) is 5.82 Å². The lowest BCUT2D eigenvalue weighted by molar-refractivity contribution is -0.384. The van der Waals surface area contributed by atoms with Gasteiger partial charge in [-0.05, 0) is 42.0 Å². The van der Waals surface area contributed by atoms with Crippen LogP contribution in [0.15, 0.2) is 53.1 Å². The first-order chi connectivity index (χ1) is 17.0. The van der Waals surface area contributed by atoms with Gasteiger partial charge in [0.1, 0.15) is 11.5 Å². The standard InChI is InChI=1S/C22H12F6N4O4/c23-12-3-1-11(14(8-12)22(26,27)28)9-29-16-7-10(2-6-17(16)32(34)35)20-30-21(36-31-20)13-4-5-15(24)19(33)18(13)25/h1-8,29,33H,9H2. The van der Waals surface area contributed by atoms with Crippen molar-refractivity contribution in [3.63, 3.8) is 0 Å². The summed E-state index contributed by atoms with van der Waals surface area (Å²) in [7, 11) is 0. The Labute approximate surface area is 197 Å². The molecule has 0 unspecified atom stereocenters. The second-order valence-electron chi connectivity index (χ2n) is 7.32. The molecule has 0 amide bonds. The fourth-order valence-corrected chi connectivity index (χ4v) is 3.29. The smallest absolute Gasteiger partial charge is 0.416 e. The van der Waals surface area contributed by atoms with Crippen LogP contribution in [0.4, 0.5) is 37.7 Å². The van der Waals surface area contributed by atoms with Crippen LogP contribution in [0.3, 0.4) is 0 Å². The Hall–Kier alpha value is -4.62. The average Bonchev–Trinajstić information content (AvgIpc) is 3.31. The predicted molar refractivity (Wildman–Crippen MR) is 112 cm³/mol. The Balaban J connectivity index is 1.67. The molecule has 4 rings (SSSR count). The number of aromatic nitrogens is 2. The van der Waals surface area contributed by atoms with Crippen molar-refractivity contribution in [2.45, 2.75) is 12.7 Å². The zero-order valence-corrected chi connectivity index (χ0v) is 17.6. The largest absolute Gasteiger partial charge is 0.503 e. The molecule has 2 N–H and O–H groups in total. The van der Waals surface area contributed by atoms with Crippen LogP contribution in [0.5, 0.6) is 5.75 Å². The molecule has 0 aliphatic rings. The molecule has 3 aromatic carbocycles. The number of nitrogens with zero attached hydrogens (tertiary/aromatic N) is 3. The second-order valence-corrected chi connectivity index (χ2v) is 7.32. The third-order valence-electron chi connectivity index (χ3n) is 5.02. The summed E-state index contributed by atoms with van der Waals surface area (Å²) in [6, 6.07) is 7.17. The van der Waals surface area contributed by atoms with Crippen molar-refractivity contribution in [2.75, 3.05) is 5.32 Å². The van der Waals surface area contributed by atoms with Crippen molar-refractivity contribution >= 4 is 11.4 Å². The zero-order chi connectivity index (χ0) is 26.2. The van der Waals surface area contributed by atoms with E-state index in [0.29, 0.717) is 6.07 Å². The maximum atomic E-state index is 14.2. The first-order valence-electron chi connectivity index (χ1n) is 9.85. The molecule has 0 aliphatic carbocycles. The highest BCUT2D eigenvalue weighted by atomic mass is 19.4. The number of phenolic OH excluding ortho intramolecular Hbond substituents is 1. The van der Waals surface area contributed by atoms with E-state index in [9.17, 15) is 41.6 Å². The molecule has 186 valence electrons. The number of phenols is 1. The fourth-order valence-electron chi connectivity index (χ4n) is 3.29. The molecule has 0 aliphatic heterocycles. The summed E-state index contributed by atoms with van der Waals surface area (Å²) < 4.78 is 85.6. The van der Waals surface area contributed by atoms with Crippen LogP contribution in [0.2, 0.25) is 0 Å². The second kappa shape index (κ2) is 9.20. The van der Waals surface area contributed by atoms with Gasteiger partial charge in [0.25, 0.3) is 11.6 Å². The number of rotatable bonds is 6. The summed E-state index contributed by atoms with van der Waals surface area (Å²) in [6.45, 7) is -0.545. The molecule has 0 fully saturated rings. The number of aromatic hydroxyl groups is 1. The monoisotopic (exact) mass is 510 g/mol. The topological polar surface area (TPSA) is 114 Å². The van der Waals surface area contributed by atoms with Gasteiger partial charge in [-0.2, -0.15) is 18.2 Å². The predicted octanol–water partition coefficient (Wildman–Crippen LogP) is 6.07. The van der Waals surface area contributed by atoms with Crippen LogP contribution in [-0.4, -0.2) is 20.2 Å². The highest BCUT2D eigenvalue weighted by molar-refractivity contribution is 5.72. The molecule has 1 heterocycles. The number of hydrogen-bond donors (Lipinski definition) is 2. The van der Waals surface area contributed by atoms with E-state index < -0.39 is 63.6 Å². The minimum atomic E-state index is -4.86. The Kier molecular flexibility index (Phi) is 6.26. The van der Waals surface area contributed by atoms with E-state index in [-0.39, 0.29) is 22.6 Å². The Morgan fingerprint density at radius 3 is 2.50 bits per heavy atom. The van der Waals surface area contributed by atoms with Gasteiger partial charge in [0, 0.05) is 18.2 Å². The van der Waals surface area contributed by atoms with E-state index in [2.05, 4.69) is 15.5 Å². The Bertz CT molecular complexity index is 1470. The van der Waals surface area contributed by atoms with Gasteiger partial charge in [-0.25, -0.2) is 13.2 Å². The minimum Gasteiger partial charge on any atom is -0.503 e. The summed E-state index contributed by atoms with van der Waals surface area (Å²) >= 11 is 0. The number of alkyl halides is 3. The van der Waals surface area contributed by atoms with Crippen molar-refractivity contribution in [3.8, 4) is 28.6 Å². The van der Waals surface area contributed by atoms with Crippen LogP contribution < -0.4 is 5.32 Å². The third kappa shape index (κ3) is 4.78. The lowest BCUT2D eigenvalue weighted by atomic mass is 10.1. The van der Waals surface area contributed by atoms with Gasteiger partial charge in [-0.15, -0.1) is 0 Å². The number of nitrogens with one attached hydrogen (secondary N) is 1. The van der Waals surface area contributed by atoms with Crippen LogP contribution in [0.25, 0.3) is 22.8 Å². The summed E-state index contributed by atoms with van der Waals surface area (Å²) in [5, 5.41) is 27.0. The minimum absolute atomic E-state index is 0.0972. The third-order valence-corrected chi connectivity index (χ3v) is 5.02. The first kappa shape index (κ1) is 24.5. The van der Waals surface area contributed by atoms with Crippen molar-refractivity contribution in [1.29, 1.82) is 0 Å². The molecule has 14 heteroatoms. The van der Waals surface area contributed by atoms with E-state index in [0.717, 1.165) is 36.4 Å². The van der Waals surface area contributed by atoms with Gasteiger partial charge in [0.15, 0.2) is 17.4 Å². The maximum Gasteiger partial charge on any atom is 0.416 e. The summed E-state index contributed by atoms with van der Waals surface area (Å²) in [4.78, 5) is 14.6. The van der Waals surface area contributed by atoms with E-state index >= 15 is 0 Å². The number of anilines is 1. The molecule has 4 aromatic rings. The molecule has 0 bridgehead atoms. The van der Waals surface area contributed by atoms with E-state index in [1.165, 1.54) is 6.07 Å². The van der Waals surface area contributed by atoms with Crippen LogP contribution >= 0.6 is 0 Å². The normalized spacial score (nSPS) is 11.5. The molecule has 0 atom stereocenters. The molecule has 0 saturated carbocycles. The molecule has 8 nitrogen and oxygen atoms in total. The number of halogens is 6. The lowest BCUT2D eigenvalue weighted by Crippen LogP contribution is -2.13. The maximum absolute atomic E-state index is 14.2. The van der Waals surface area contributed by atoms with Gasteiger partial charge >= 0.3 is 6.18 Å². The fraction of sp³-hybridized carbons (Fsp3) is 0.0909. The number of nitro benzene ring substituents is 1. The number of nitro groups is 1. The van der Waals surface area contributed by atoms with Crippen molar-refractivity contribution in [1.82, 2.24) is 10.1 Å². The Morgan fingerprint density at radius 1 is 1.06 bits per heavy atom. The molecule has 0 saturated heterocycles. The van der Waals surface area contributed by atoms with Crippen molar-refractivity contribution in [3.05, 3.63) is 87.2 Å². The van der Waals surface area contributed by atoms with Crippen molar-refractivity contribution in [2.24, 2.45) is 0 Å². The SMILES string of the molecule is O=[N+]([O-])c1ccc(-c2noc(-c3ccc(F)c(O)c3F)n2)cc1NCc1ccc(F)cc1C(F)(F)F. The average molecular weight is 510 g/mol. The first-order valence-corrected chi connectivity index (χ1v) is 9.85. The van der Waals surface area contributed by atoms with Gasteiger partial charge in [-0.3, -0.25) is 10.1 Å². The zero-order valence-electron chi connectivity index (χ0n) is 17.6. The van der Waals surface area contributed by atoms with Gasteiger partial charge in [-0.1, -0.05) is 11.2 Å². The molecule has 1 aromatic heterocycles. The number of benzene rings is 3. The number of hydrogen-bond acceptors (Lipinski definition) is 7. The van der Waals surface area contributed by atoms with Crippen LogP contribution in [0, 0.1) is 27.6 Å². The highest BCUT2D eigenvalue weighted by Gasteiger charge is 2.33. The molecular weight excluding hydrogens is 498 g/mol. The van der Waals surface area contributed by atoms with E-state index in [1.807, 2.05) is 0 Å². The van der Waals surface area contributed by atoms with Gasteiger partial charge in [0.05, 0.1) is 16.1 Å². The van der Waals surface area contributed by atoms with Crippen molar-refractivity contribution < 1.29 is 40.9 Å². The summed E-state index contributed by atoms with van der Waals surface area (Å²) in [6.07, 6.45) is -4.86.